The number of rotatable bonds is 4. The number of likely N-dealkylation sites (N-methyl/N-ethyl adjacent to an activating group) is 1. The number of fused-ring (bicyclic) bond motifs is 1. The number of anilines is 2. The maximum Gasteiger partial charge on any atom is 0.228 e. The predicted molar refractivity (Wildman–Crippen MR) is 119 cm³/mol. The molecule has 0 spiro atoms. The summed E-state index contributed by atoms with van der Waals surface area (Å²) in [7, 11) is 2.16. The second-order valence-electron chi connectivity index (χ2n) is 7.49. The molecule has 4 rings (SSSR count). The van der Waals surface area contributed by atoms with Gasteiger partial charge in [0.25, 0.3) is 0 Å². The number of hydrogen-bond acceptors (Lipinski definition) is 3. The number of piperazine rings is 1. The number of aromatic amines is 1. The minimum absolute atomic E-state index is 0.00731. The highest BCUT2D eigenvalue weighted by Crippen LogP contribution is 2.28. The van der Waals surface area contributed by atoms with Crippen LogP contribution in [0.25, 0.3) is 10.9 Å². The average Bonchev–Trinajstić information content (AvgIpc) is 3.08. The topological polar surface area (TPSA) is 51.4 Å². The summed E-state index contributed by atoms with van der Waals surface area (Å²) in [5.41, 5.74) is 5.22. The Hall–Kier alpha value is -2.31. The third-order valence-corrected chi connectivity index (χ3v) is 6.10. The zero-order valence-electron chi connectivity index (χ0n) is 16.3. The number of nitrogens with one attached hydrogen (secondary N) is 2. The highest BCUT2D eigenvalue weighted by Gasteiger charge is 2.16. The molecule has 0 atom stereocenters. The number of benzene rings is 2. The van der Waals surface area contributed by atoms with Crippen LogP contribution in [0, 0.1) is 6.92 Å². The smallest absolute Gasteiger partial charge is 0.228 e. The number of carbonyl (C=O) groups excluding carboxylic acids is 1. The molecule has 1 amide bonds. The van der Waals surface area contributed by atoms with Crippen molar-refractivity contribution >= 4 is 44.1 Å². The van der Waals surface area contributed by atoms with Crippen LogP contribution in [0.3, 0.4) is 0 Å². The maximum atomic E-state index is 12.7. The van der Waals surface area contributed by atoms with Gasteiger partial charge < -0.3 is 20.1 Å². The fraction of sp³-hybridized carbons (Fsp3) is 0.318. The molecule has 3 aromatic rings. The molecular formula is C22H25BrN4O. The third kappa shape index (κ3) is 3.93. The normalized spacial score (nSPS) is 15.2. The molecule has 5 nitrogen and oxygen atoms in total. The van der Waals surface area contributed by atoms with Gasteiger partial charge in [-0.2, -0.15) is 0 Å². The summed E-state index contributed by atoms with van der Waals surface area (Å²) in [6, 6.07) is 12.3. The Morgan fingerprint density at radius 3 is 2.71 bits per heavy atom. The second-order valence-corrected chi connectivity index (χ2v) is 8.35. The summed E-state index contributed by atoms with van der Waals surface area (Å²) >= 11 is 3.59. The summed E-state index contributed by atoms with van der Waals surface area (Å²) in [5, 5.41) is 4.14. The number of amides is 1. The van der Waals surface area contributed by atoms with Crippen molar-refractivity contribution in [2.45, 2.75) is 13.3 Å². The molecule has 2 aromatic carbocycles. The van der Waals surface area contributed by atoms with E-state index < -0.39 is 0 Å². The monoisotopic (exact) mass is 440 g/mol. The van der Waals surface area contributed by atoms with E-state index in [1.165, 1.54) is 5.69 Å². The first-order chi connectivity index (χ1) is 13.5. The molecule has 2 N–H and O–H groups in total. The fourth-order valence-electron chi connectivity index (χ4n) is 3.76. The summed E-state index contributed by atoms with van der Waals surface area (Å²) in [6.45, 7) is 6.29. The lowest BCUT2D eigenvalue weighted by atomic mass is 10.1. The molecule has 0 aliphatic carbocycles. The molecule has 146 valence electrons. The quantitative estimate of drug-likeness (QED) is 0.639. The van der Waals surface area contributed by atoms with E-state index in [0.717, 1.165) is 58.4 Å². The van der Waals surface area contributed by atoms with Crippen molar-refractivity contribution < 1.29 is 4.79 Å². The van der Waals surface area contributed by atoms with Crippen LogP contribution in [-0.2, 0) is 11.2 Å². The predicted octanol–water partition coefficient (Wildman–Crippen LogP) is 4.17. The summed E-state index contributed by atoms with van der Waals surface area (Å²) < 4.78 is 1.00. The minimum atomic E-state index is -0.00731. The van der Waals surface area contributed by atoms with Crippen molar-refractivity contribution in [1.82, 2.24) is 9.88 Å². The van der Waals surface area contributed by atoms with E-state index in [4.69, 9.17) is 0 Å². The van der Waals surface area contributed by atoms with Gasteiger partial charge >= 0.3 is 0 Å². The van der Waals surface area contributed by atoms with Gasteiger partial charge in [0.05, 0.1) is 6.42 Å². The number of halogens is 1. The second kappa shape index (κ2) is 7.97. The van der Waals surface area contributed by atoms with Crippen molar-refractivity contribution in [2.75, 3.05) is 43.4 Å². The first-order valence-corrected chi connectivity index (χ1v) is 10.4. The molecule has 28 heavy (non-hydrogen) atoms. The average molecular weight is 441 g/mol. The van der Waals surface area contributed by atoms with Gasteiger partial charge in [0, 0.05) is 59.1 Å². The van der Waals surface area contributed by atoms with Gasteiger partial charge in [0.1, 0.15) is 0 Å². The standard InChI is InChI=1S/C22H25BrN4O/c1-15-12-17(27-10-8-26(2)9-11-27)6-7-19(15)25-21(28)13-16-14-24-20-5-3-4-18(23)22(16)20/h3-7,12,14,24H,8-11,13H2,1-2H3,(H,25,28). The molecule has 1 aliphatic heterocycles. The molecule has 0 radical (unpaired) electrons. The Kier molecular flexibility index (Phi) is 5.42. The summed E-state index contributed by atoms with van der Waals surface area (Å²) in [6.07, 6.45) is 2.25. The first kappa shape index (κ1) is 19.0. The van der Waals surface area contributed by atoms with Crippen molar-refractivity contribution in [3.05, 3.63) is 58.2 Å². The Bertz CT molecular complexity index is 1000. The summed E-state index contributed by atoms with van der Waals surface area (Å²) in [4.78, 5) is 20.6. The molecule has 1 saturated heterocycles. The number of H-pyrrole nitrogens is 1. The molecule has 0 saturated carbocycles. The Morgan fingerprint density at radius 2 is 1.96 bits per heavy atom. The van der Waals surface area contributed by atoms with E-state index in [1.54, 1.807) is 0 Å². The number of carbonyl (C=O) groups is 1. The summed E-state index contributed by atoms with van der Waals surface area (Å²) in [5.74, 6) is -0.00731. The van der Waals surface area contributed by atoms with Crippen molar-refractivity contribution in [3.63, 3.8) is 0 Å². The van der Waals surface area contributed by atoms with E-state index in [9.17, 15) is 4.79 Å². The van der Waals surface area contributed by atoms with E-state index >= 15 is 0 Å². The third-order valence-electron chi connectivity index (χ3n) is 5.44. The zero-order valence-corrected chi connectivity index (χ0v) is 17.8. The lowest BCUT2D eigenvalue weighted by Gasteiger charge is -2.34. The van der Waals surface area contributed by atoms with Gasteiger partial charge in [-0.25, -0.2) is 0 Å². The van der Waals surface area contributed by atoms with Crippen LogP contribution in [-0.4, -0.2) is 49.0 Å². The van der Waals surface area contributed by atoms with Gasteiger partial charge in [0.15, 0.2) is 0 Å². The largest absolute Gasteiger partial charge is 0.369 e. The number of hydrogen-bond donors (Lipinski definition) is 2. The molecule has 6 heteroatoms. The Balaban J connectivity index is 1.45. The van der Waals surface area contributed by atoms with Gasteiger partial charge in [-0.3, -0.25) is 4.79 Å². The van der Waals surface area contributed by atoms with E-state index in [0.29, 0.717) is 6.42 Å². The van der Waals surface area contributed by atoms with Crippen LogP contribution in [0.5, 0.6) is 0 Å². The van der Waals surface area contributed by atoms with Gasteiger partial charge in [-0.1, -0.05) is 22.0 Å². The highest BCUT2D eigenvalue weighted by atomic mass is 79.9. The minimum Gasteiger partial charge on any atom is -0.369 e. The molecular weight excluding hydrogens is 416 g/mol. The lowest BCUT2D eigenvalue weighted by molar-refractivity contribution is -0.115. The molecule has 2 heterocycles. The lowest BCUT2D eigenvalue weighted by Crippen LogP contribution is -2.44. The van der Waals surface area contributed by atoms with E-state index in [-0.39, 0.29) is 5.91 Å². The van der Waals surface area contributed by atoms with E-state index in [2.05, 4.69) is 62.1 Å². The Morgan fingerprint density at radius 1 is 1.18 bits per heavy atom. The van der Waals surface area contributed by atoms with Crippen molar-refractivity contribution in [2.24, 2.45) is 0 Å². The number of aromatic nitrogens is 1. The fourth-order valence-corrected chi connectivity index (χ4v) is 4.38. The number of aryl methyl sites for hydroxylation is 1. The highest BCUT2D eigenvalue weighted by molar-refractivity contribution is 9.10. The Labute approximate surface area is 173 Å². The maximum absolute atomic E-state index is 12.7. The van der Waals surface area contributed by atoms with E-state index in [1.807, 2.05) is 30.5 Å². The van der Waals surface area contributed by atoms with Gasteiger partial charge in [-0.05, 0) is 55.4 Å². The van der Waals surface area contributed by atoms with Crippen LogP contribution >= 0.6 is 15.9 Å². The number of nitrogens with zero attached hydrogens (tertiary/aromatic N) is 2. The van der Waals surface area contributed by atoms with Crippen LogP contribution in [0.4, 0.5) is 11.4 Å². The van der Waals surface area contributed by atoms with Crippen molar-refractivity contribution in [3.8, 4) is 0 Å². The molecule has 0 unspecified atom stereocenters. The SMILES string of the molecule is Cc1cc(N2CCN(C)CC2)ccc1NC(=O)Cc1c[nH]c2cccc(Br)c12. The van der Waals surface area contributed by atoms with Crippen LogP contribution in [0.1, 0.15) is 11.1 Å². The van der Waals surface area contributed by atoms with Gasteiger partial charge in [-0.15, -0.1) is 0 Å². The molecule has 1 aliphatic rings. The van der Waals surface area contributed by atoms with Crippen molar-refractivity contribution in [1.29, 1.82) is 0 Å². The van der Waals surface area contributed by atoms with Crippen LogP contribution < -0.4 is 10.2 Å². The van der Waals surface area contributed by atoms with Crippen LogP contribution in [0.15, 0.2) is 47.1 Å². The molecule has 0 bridgehead atoms. The van der Waals surface area contributed by atoms with Gasteiger partial charge in [0.2, 0.25) is 5.91 Å². The first-order valence-electron chi connectivity index (χ1n) is 9.60. The van der Waals surface area contributed by atoms with Crippen LogP contribution in [0.2, 0.25) is 0 Å². The molecule has 1 fully saturated rings. The zero-order chi connectivity index (χ0) is 19.7. The molecule has 1 aromatic heterocycles.